The molecule has 0 amide bonds. The second-order valence-electron chi connectivity index (χ2n) is 4.68. The van der Waals surface area contributed by atoms with Crippen LogP contribution in [0.25, 0.3) is 0 Å². The summed E-state index contributed by atoms with van der Waals surface area (Å²) >= 11 is 0. The van der Waals surface area contributed by atoms with Gasteiger partial charge in [0.25, 0.3) is 0 Å². The van der Waals surface area contributed by atoms with Gasteiger partial charge in [-0.05, 0) is 38.2 Å². The van der Waals surface area contributed by atoms with Crippen molar-refractivity contribution in [3.05, 3.63) is 34.4 Å². The summed E-state index contributed by atoms with van der Waals surface area (Å²) in [5.41, 5.74) is -0.259. The van der Waals surface area contributed by atoms with Crippen LogP contribution in [0.5, 0.6) is 0 Å². The van der Waals surface area contributed by atoms with Crippen LogP contribution in [0.2, 0.25) is 0 Å². The molecule has 1 aromatic heterocycles. The van der Waals surface area contributed by atoms with Gasteiger partial charge in [-0.1, -0.05) is 13.0 Å². The third-order valence-electron chi connectivity index (χ3n) is 3.43. The summed E-state index contributed by atoms with van der Waals surface area (Å²) in [4.78, 5) is 11.2. The molecule has 0 bridgehead atoms. The normalized spacial score (nSPS) is 22.3. The lowest BCUT2D eigenvalue weighted by atomic mass is 9.92. The Morgan fingerprint density at radius 1 is 1.41 bits per heavy atom. The molecule has 1 aromatic rings. The third-order valence-corrected chi connectivity index (χ3v) is 3.43. The summed E-state index contributed by atoms with van der Waals surface area (Å²) in [6.45, 7) is 3.00. The van der Waals surface area contributed by atoms with E-state index in [9.17, 15) is 4.79 Å². The summed E-state index contributed by atoms with van der Waals surface area (Å²) < 4.78 is 11.0. The summed E-state index contributed by atoms with van der Waals surface area (Å²) in [5.74, 6) is 1.10. The molecule has 1 aliphatic rings. The summed E-state index contributed by atoms with van der Waals surface area (Å²) in [6.07, 6.45) is 5.83. The highest BCUT2D eigenvalue weighted by Crippen LogP contribution is 2.28. The predicted molar refractivity (Wildman–Crippen MR) is 66.2 cm³/mol. The molecule has 1 aliphatic heterocycles. The van der Waals surface area contributed by atoms with Gasteiger partial charge in [0.2, 0.25) is 0 Å². The Kier molecular flexibility index (Phi) is 4.37. The van der Waals surface area contributed by atoms with E-state index in [1.807, 2.05) is 6.07 Å². The summed E-state index contributed by atoms with van der Waals surface area (Å²) in [6, 6.07) is 5.12. The van der Waals surface area contributed by atoms with Gasteiger partial charge in [-0.2, -0.15) is 0 Å². The first-order valence-corrected chi connectivity index (χ1v) is 6.51. The summed E-state index contributed by atoms with van der Waals surface area (Å²) in [5, 5.41) is 0. The molecule has 94 valence electrons. The molecule has 1 fully saturated rings. The molecule has 0 aliphatic carbocycles. The first-order valence-electron chi connectivity index (χ1n) is 6.51. The van der Waals surface area contributed by atoms with Crippen LogP contribution in [0.15, 0.2) is 27.4 Å². The van der Waals surface area contributed by atoms with Crippen LogP contribution in [0.4, 0.5) is 0 Å². The Morgan fingerprint density at radius 3 is 2.94 bits per heavy atom. The molecular formula is C14H20O3. The molecule has 0 aromatic carbocycles. The van der Waals surface area contributed by atoms with Gasteiger partial charge in [0.1, 0.15) is 5.76 Å². The molecule has 0 radical (unpaired) electrons. The van der Waals surface area contributed by atoms with E-state index in [1.54, 1.807) is 6.07 Å². The second kappa shape index (κ2) is 6.01. The zero-order valence-corrected chi connectivity index (χ0v) is 10.4. The zero-order valence-electron chi connectivity index (χ0n) is 10.4. The Morgan fingerprint density at radius 2 is 2.29 bits per heavy atom. The molecule has 2 heterocycles. The third kappa shape index (κ3) is 3.43. The number of hydrogen-bond donors (Lipinski definition) is 0. The van der Waals surface area contributed by atoms with Crippen LogP contribution in [0.1, 0.15) is 50.7 Å². The van der Waals surface area contributed by atoms with Gasteiger partial charge >= 0.3 is 5.63 Å². The molecule has 0 saturated carbocycles. The van der Waals surface area contributed by atoms with Crippen molar-refractivity contribution < 1.29 is 9.15 Å². The van der Waals surface area contributed by atoms with Crippen LogP contribution in [0.3, 0.4) is 0 Å². The smallest absolute Gasteiger partial charge is 0.335 e. The van der Waals surface area contributed by atoms with E-state index in [4.69, 9.17) is 9.15 Å². The monoisotopic (exact) mass is 236 g/mol. The Labute approximate surface area is 102 Å². The largest absolute Gasteiger partial charge is 0.428 e. The number of hydrogen-bond acceptors (Lipinski definition) is 3. The van der Waals surface area contributed by atoms with E-state index in [2.05, 4.69) is 6.92 Å². The predicted octanol–water partition coefficient (Wildman–Crippen LogP) is 3.09. The highest BCUT2D eigenvalue weighted by molar-refractivity contribution is 5.05. The molecule has 0 spiro atoms. The molecule has 1 saturated heterocycles. The fourth-order valence-electron chi connectivity index (χ4n) is 2.42. The first-order chi connectivity index (χ1) is 8.29. The van der Waals surface area contributed by atoms with Crippen LogP contribution in [-0.2, 0) is 4.74 Å². The lowest BCUT2D eigenvalue weighted by Gasteiger charge is -2.25. The SMILES string of the molecule is CCC(CC1CCCCO1)c1cccc(=O)o1. The Bertz CT molecular complexity index is 390. The van der Waals surface area contributed by atoms with Crippen molar-refractivity contribution in [3.8, 4) is 0 Å². The molecule has 2 unspecified atom stereocenters. The van der Waals surface area contributed by atoms with E-state index in [0.29, 0.717) is 12.0 Å². The number of ether oxygens (including phenoxy) is 1. The standard InChI is InChI=1S/C14H20O3/c1-2-11(10-12-6-3-4-9-16-12)13-7-5-8-14(15)17-13/h5,7-8,11-12H,2-4,6,9-10H2,1H3. The molecule has 2 rings (SSSR count). The van der Waals surface area contributed by atoms with Gasteiger partial charge in [-0.3, -0.25) is 0 Å². The maximum absolute atomic E-state index is 11.2. The number of rotatable bonds is 4. The van der Waals surface area contributed by atoms with Crippen LogP contribution in [-0.4, -0.2) is 12.7 Å². The highest BCUT2D eigenvalue weighted by Gasteiger charge is 2.21. The minimum absolute atomic E-state index is 0.259. The Hall–Kier alpha value is -1.09. The molecule has 17 heavy (non-hydrogen) atoms. The average molecular weight is 236 g/mol. The van der Waals surface area contributed by atoms with Crippen molar-refractivity contribution in [2.24, 2.45) is 0 Å². The maximum atomic E-state index is 11.2. The van der Waals surface area contributed by atoms with Crippen LogP contribution < -0.4 is 5.63 Å². The quantitative estimate of drug-likeness (QED) is 0.806. The van der Waals surface area contributed by atoms with E-state index in [1.165, 1.54) is 18.9 Å². The van der Waals surface area contributed by atoms with Crippen molar-refractivity contribution >= 4 is 0 Å². The van der Waals surface area contributed by atoms with Gasteiger partial charge in [-0.15, -0.1) is 0 Å². The minimum atomic E-state index is -0.259. The molecule has 2 atom stereocenters. The molecular weight excluding hydrogens is 216 g/mol. The van der Waals surface area contributed by atoms with Crippen LogP contribution >= 0.6 is 0 Å². The fourth-order valence-corrected chi connectivity index (χ4v) is 2.42. The topological polar surface area (TPSA) is 39.4 Å². The van der Waals surface area contributed by atoms with E-state index >= 15 is 0 Å². The molecule has 3 nitrogen and oxygen atoms in total. The molecule has 3 heteroatoms. The van der Waals surface area contributed by atoms with E-state index in [-0.39, 0.29) is 5.63 Å². The van der Waals surface area contributed by atoms with Crippen molar-refractivity contribution in [3.63, 3.8) is 0 Å². The second-order valence-corrected chi connectivity index (χ2v) is 4.68. The van der Waals surface area contributed by atoms with E-state index in [0.717, 1.165) is 31.6 Å². The van der Waals surface area contributed by atoms with Gasteiger partial charge < -0.3 is 9.15 Å². The average Bonchev–Trinajstić information content (AvgIpc) is 2.37. The van der Waals surface area contributed by atoms with Gasteiger partial charge in [0.05, 0.1) is 6.10 Å². The van der Waals surface area contributed by atoms with Crippen molar-refractivity contribution in [1.82, 2.24) is 0 Å². The highest BCUT2D eigenvalue weighted by atomic mass is 16.5. The summed E-state index contributed by atoms with van der Waals surface area (Å²) in [7, 11) is 0. The zero-order chi connectivity index (χ0) is 12.1. The maximum Gasteiger partial charge on any atom is 0.335 e. The van der Waals surface area contributed by atoms with Gasteiger partial charge in [-0.25, -0.2) is 4.79 Å². The minimum Gasteiger partial charge on any atom is -0.428 e. The van der Waals surface area contributed by atoms with Gasteiger partial charge in [0, 0.05) is 18.6 Å². The van der Waals surface area contributed by atoms with Gasteiger partial charge in [0.15, 0.2) is 0 Å². The fraction of sp³-hybridized carbons (Fsp3) is 0.643. The van der Waals surface area contributed by atoms with Crippen molar-refractivity contribution in [1.29, 1.82) is 0 Å². The first kappa shape index (κ1) is 12.4. The van der Waals surface area contributed by atoms with Crippen LogP contribution in [0, 0.1) is 0 Å². The van der Waals surface area contributed by atoms with E-state index < -0.39 is 0 Å². The van der Waals surface area contributed by atoms with Crippen molar-refractivity contribution in [2.45, 2.75) is 51.0 Å². The lowest BCUT2D eigenvalue weighted by Crippen LogP contribution is -2.21. The Balaban J connectivity index is 2.02. The molecule has 0 N–H and O–H groups in total. The van der Waals surface area contributed by atoms with Crippen molar-refractivity contribution in [2.75, 3.05) is 6.61 Å². The lowest BCUT2D eigenvalue weighted by molar-refractivity contribution is 0.00546.